The fraction of sp³-hybridized carbons (Fsp3) is 0.625. The molecule has 2 amide bonds. The Hall–Kier alpha value is -2.18. The molecule has 1 aliphatic heterocycles. The third-order valence-electron chi connectivity index (χ3n) is 4.61. The van der Waals surface area contributed by atoms with E-state index in [1.165, 1.54) is 25.6 Å². The summed E-state index contributed by atoms with van der Waals surface area (Å²) in [5.74, 6) is 0.631. The van der Waals surface area contributed by atoms with E-state index in [0.717, 1.165) is 38.2 Å². The van der Waals surface area contributed by atoms with Crippen molar-refractivity contribution in [3.05, 3.63) is 18.1 Å². The van der Waals surface area contributed by atoms with Crippen LogP contribution in [0.2, 0.25) is 0 Å². The second-order valence-electron chi connectivity index (χ2n) is 6.20. The number of nitrogens with one attached hydrogen (secondary N) is 1. The van der Waals surface area contributed by atoms with Crippen molar-refractivity contribution in [2.24, 2.45) is 0 Å². The summed E-state index contributed by atoms with van der Waals surface area (Å²) >= 11 is 0. The number of aromatic nitrogens is 2. The first-order valence-corrected chi connectivity index (χ1v) is 8.33. The van der Waals surface area contributed by atoms with E-state index in [1.54, 1.807) is 11.0 Å². The molecule has 23 heavy (non-hydrogen) atoms. The van der Waals surface area contributed by atoms with Crippen molar-refractivity contribution in [3.8, 4) is 0 Å². The fourth-order valence-electron chi connectivity index (χ4n) is 3.21. The van der Waals surface area contributed by atoms with Crippen LogP contribution in [-0.4, -0.2) is 59.4 Å². The van der Waals surface area contributed by atoms with Crippen LogP contribution in [0.5, 0.6) is 0 Å². The van der Waals surface area contributed by atoms with Crippen molar-refractivity contribution in [1.82, 2.24) is 20.2 Å². The van der Waals surface area contributed by atoms with E-state index in [2.05, 4.69) is 20.2 Å². The predicted molar refractivity (Wildman–Crippen MR) is 86.2 cm³/mol. The monoisotopic (exact) mass is 317 g/mol. The Morgan fingerprint density at radius 3 is 2.57 bits per heavy atom. The molecule has 1 aromatic rings. The average molecular weight is 317 g/mol. The molecule has 1 saturated carbocycles. The normalized spacial score (nSPS) is 19.5. The number of nitrogens with zero attached hydrogens (tertiary/aromatic N) is 4. The van der Waals surface area contributed by atoms with Gasteiger partial charge in [0.15, 0.2) is 0 Å². The molecule has 2 fully saturated rings. The van der Waals surface area contributed by atoms with Gasteiger partial charge in [-0.25, -0.2) is 9.97 Å². The average Bonchev–Trinajstić information content (AvgIpc) is 2.63. The Bertz CT molecular complexity index is 551. The van der Waals surface area contributed by atoms with Crippen LogP contribution < -0.4 is 10.2 Å². The van der Waals surface area contributed by atoms with Gasteiger partial charge in [0.05, 0.1) is 0 Å². The number of rotatable bonds is 4. The number of hydrogen-bond donors (Lipinski definition) is 1. The summed E-state index contributed by atoms with van der Waals surface area (Å²) in [6.45, 7) is 2.80. The summed E-state index contributed by atoms with van der Waals surface area (Å²) in [5, 5.41) is 3.08. The van der Waals surface area contributed by atoms with Crippen molar-refractivity contribution < 1.29 is 9.59 Å². The van der Waals surface area contributed by atoms with Crippen LogP contribution in [0.4, 0.5) is 5.82 Å². The fourth-order valence-corrected chi connectivity index (χ4v) is 3.21. The highest BCUT2D eigenvalue weighted by Crippen LogP contribution is 2.18. The second-order valence-corrected chi connectivity index (χ2v) is 6.20. The van der Waals surface area contributed by atoms with Gasteiger partial charge in [-0.3, -0.25) is 9.59 Å². The third-order valence-corrected chi connectivity index (χ3v) is 4.61. The van der Waals surface area contributed by atoms with Gasteiger partial charge in [-0.2, -0.15) is 0 Å². The van der Waals surface area contributed by atoms with Gasteiger partial charge in [-0.15, -0.1) is 0 Å². The molecule has 1 saturated heterocycles. The smallest absolute Gasteiger partial charge is 0.270 e. The van der Waals surface area contributed by atoms with Crippen molar-refractivity contribution in [2.45, 2.75) is 38.1 Å². The van der Waals surface area contributed by atoms with Gasteiger partial charge in [-0.05, 0) is 12.8 Å². The quantitative estimate of drug-likeness (QED) is 0.832. The zero-order valence-corrected chi connectivity index (χ0v) is 13.3. The maximum absolute atomic E-state index is 12.4. The van der Waals surface area contributed by atoms with Gasteiger partial charge in [-0.1, -0.05) is 19.3 Å². The van der Waals surface area contributed by atoms with E-state index >= 15 is 0 Å². The SMILES string of the molecule is O=CN1CCN(c2cc(C(=O)NC3CCCCC3)ncn2)CC1. The molecular weight excluding hydrogens is 294 g/mol. The first-order valence-electron chi connectivity index (χ1n) is 8.33. The zero-order valence-electron chi connectivity index (χ0n) is 13.3. The number of amides is 2. The van der Waals surface area contributed by atoms with Crippen molar-refractivity contribution in [2.75, 3.05) is 31.1 Å². The number of carbonyl (C=O) groups excluding carboxylic acids is 2. The summed E-state index contributed by atoms with van der Waals surface area (Å²) in [6.07, 6.45) is 8.05. The first kappa shape index (κ1) is 15.7. The minimum Gasteiger partial charge on any atom is -0.353 e. The summed E-state index contributed by atoms with van der Waals surface area (Å²) < 4.78 is 0. The van der Waals surface area contributed by atoms with E-state index < -0.39 is 0 Å². The lowest BCUT2D eigenvalue weighted by Gasteiger charge is -2.33. The van der Waals surface area contributed by atoms with Crippen LogP contribution in [0.1, 0.15) is 42.6 Å². The van der Waals surface area contributed by atoms with E-state index in [-0.39, 0.29) is 11.9 Å². The zero-order chi connectivity index (χ0) is 16.1. The van der Waals surface area contributed by atoms with Crippen LogP contribution in [-0.2, 0) is 4.79 Å². The Labute approximate surface area is 136 Å². The molecule has 0 spiro atoms. The van der Waals surface area contributed by atoms with Crippen LogP contribution >= 0.6 is 0 Å². The molecule has 1 aromatic heterocycles. The van der Waals surface area contributed by atoms with Crippen LogP contribution in [0, 0.1) is 0 Å². The molecular formula is C16H23N5O2. The molecule has 7 heteroatoms. The first-order chi connectivity index (χ1) is 11.3. The van der Waals surface area contributed by atoms with Crippen molar-refractivity contribution in [3.63, 3.8) is 0 Å². The second kappa shape index (κ2) is 7.39. The number of anilines is 1. The standard InChI is InChI=1S/C16H23N5O2/c22-12-20-6-8-21(9-7-20)15-10-14(17-11-18-15)16(23)19-13-4-2-1-3-5-13/h10-13H,1-9H2,(H,19,23). The van der Waals surface area contributed by atoms with Crippen LogP contribution in [0.25, 0.3) is 0 Å². The highest BCUT2D eigenvalue weighted by Gasteiger charge is 2.20. The molecule has 2 aliphatic rings. The van der Waals surface area contributed by atoms with Crippen molar-refractivity contribution >= 4 is 18.1 Å². The molecule has 3 rings (SSSR count). The predicted octanol–water partition coefficient (Wildman–Crippen LogP) is 0.817. The number of carbonyl (C=O) groups is 2. The van der Waals surface area contributed by atoms with Crippen LogP contribution in [0.15, 0.2) is 12.4 Å². The van der Waals surface area contributed by atoms with E-state index in [4.69, 9.17) is 0 Å². The Kier molecular flexibility index (Phi) is 5.05. The molecule has 2 heterocycles. The minimum atomic E-state index is -0.118. The molecule has 7 nitrogen and oxygen atoms in total. The topological polar surface area (TPSA) is 78.4 Å². The van der Waals surface area contributed by atoms with Gasteiger partial charge < -0.3 is 15.1 Å². The minimum absolute atomic E-state index is 0.118. The summed E-state index contributed by atoms with van der Waals surface area (Å²) in [7, 11) is 0. The third kappa shape index (κ3) is 3.97. The Balaban J connectivity index is 1.62. The summed E-state index contributed by atoms with van der Waals surface area (Å²) in [4.78, 5) is 35.3. The number of piperazine rings is 1. The van der Waals surface area contributed by atoms with Crippen LogP contribution in [0.3, 0.4) is 0 Å². The molecule has 0 aromatic carbocycles. The summed E-state index contributed by atoms with van der Waals surface area (Å²) in [5.41, 5.74) is 0.415. The lowest BCUT2D eigenvalue weighted by molar-refractivity contribution is -0.118. The number of hydrogen-bond acceptors (Lipinski definition) is 5. The van der Waals surface area contributed by atoms with Gasteiger partial charge in [0.1, 0.15) is 17.8 Å². The maximum Gasteiger partial charge on any atom is 0.270 e. The van der Waals surface area contributed by atoms with Crippen molar-refractivity contribution in [1.29, 1.82) is 0 Å². The lowest BCUT2D eigenvalue weighted by atomic mass is 9.95. The van der Waals surface area contributed by atoms with Gasteiger partial charge >= 0.3 is 0 Å². The highest BCUT2D eigenvalue weighted by atomic mass is 16.2. The Morgan fingerprint density at radius 2 is 1.87 bits per heavy atom. The molecule has 0 unspecified atom stereocenters. The summed E-state index contributed by atoms with van der Waals surface area (Å²) in [6, 6.07) is 2.01. The molecule has 124 valence electrons. The largest absolute Gasteiger partial charge is 0.353 e. The molecule has 0 atom stereocenters. The Morgan fingerprint density at radius 1 is 1.13 bits per heavy atom. The maximum atomic E-state index is 12.4. The highest BCUT2D eigenvalue weighted by molar-refractivity contribution is 5.93. The van der Waals surface area contributed by atoms with Gasteiger partial charge in [0.2, 0.25) is 6.41 Å². The van der Waals surface area contributed by atoms with E-state index in [0.29, 0.717) is 18.8 Å². The molecule has 0 bridgehead atoms. The van der Waals surface area contributed by atoms with E-state index in [9.17, 15) is 9.59 Å². The van der Waals surface area contributed by atoms with E-state index in [1.807, 2.05) is 0 Å². The molecule has 1 aliphatic carbocycles. The molecule has 0 radical (unpaired) electrons. The lowest BCUT2D eigenvalue weighted by Crippen LogP contribution is -2.46. The van der Waals surface area contributed by atoms with Gasteiger partial charge in [0, 0.05) is 38.3 Å². The molecule has 1 N–H and O–H groups in total. The van der Waals surface area contributed by atoms with Gasteiger partial charge in [0.25, 0.3) is 5.91 Å².